The maximum absolute atomic E-state index is 13.6. The molecule has 2 N–H and O–H groups in total. The van der Waals surface area contributed by atoms with Crippen LogP contribution in [0.5, 0.6) is 5.75 Å². The number of aryl methyl sites for hydroxylation is 1. The molecule has 0 amide bonds. The normalized spacial score (nSPS) is 12.2. The first-order chi connectivity index (χ1) is 9.69. The van der Waals surface area contributed by atoms with Gasteiger partial charge in [-0.3, -0.25) is 4.98 Å². The number of aromatic nitrogens is 1. The van der Waals surface area contributed by atoms with Gasteiger partial charge in [-0.05, 0) is 48.6 Å². The van der Waals surface area contributed by atoms with Gasteiger partial charge in [0.05, 0.1) is 7.11 Å². The SMILES string of the molecule is COc1ccc(CC(N)CCc2cccnc2)cc1F. The Hall–Kier alpha value is -1.94. The zero-order chi connectivity index (χ0) is 14.4. The first-order valence-electron chi connectivity index (χ1n) is 6.66. The highest BCUT2D eigenvalue weighted by Gasteiger charge is 2.08. The van der Waals surface area contributed by atoms with E-state index in [1.807, 2.05) is 24.4 Å². The summed E-state index contributed by atoms with van der Waals surface area (Å²) in [5.74, 6) is -0.0814. The molecule has 2 aromatic rings. The summed E-state index contributed by atoms with van der Waals surface area (Å²) < 4.78 is 18.5. The number of nitrogens with two attached hydrogens (primary N) is 1. The maximum Gasteiger partial charge on any atom is 0.165 e. The number of hydrogen-bond acceptors (Lipinski definition) is 3. The zero-order valence-electron chi connectivity index (χ0n) is 11.6. The Morgan fingerprint density at radius 2 is 2.15 bits per heavy atom. The van der Waals surface area contributed by atoms with Crippen molar-refractivity contribution in [1.82, 2.24) is 4.98 Å². The van der Waals surface area contributed by atoms with Crippen molar-refractivity contribution in [3.8, 4) is 5.75 Å². The summed E-state index contributed by atoms with van der Waals surface area (Å²) in [4.78, 5) is 4.07. The third kappa shape index (κ3) is 4.03. The van der Waals surface area contributed by atoms with Gasteiger partial charge in [0.25, 0.3) is 0 Å². The second-order valence-corrected chi connectivity index (χ2v) is 4.83. The van der Waals surface area contributed by atoms with Crippen molar-refractivity contribution in [3.05, 3.63) is 59.7 Å². The fourth-order valence-corrected chi connectivity index (χ4v) is 2.14. The molecule has 0 aliphatic heterocycles. The lowest BCUT2D eigenvalue weighted by atomic mass is 10.0. The summed E-state index contributed by atoms with van der Waals surface area (Å²) in [6.07, 6.45) is 5.98. The molecule has 2 rings (SSSR count). The van der Waals surface area contributed by atoms with E-state index in [-0.39, 0.29) is 17.6 Å². The average Bonchev–Trinajstić information content (AvgIpc) is 2.46. The van der Waals surface area contributed by atoms with Gasteiger partial charge in [0.2, 0.25) is 0 Å². The Morgan fingerprint density at radius 3 is 2.80 bits per heavy atom. The molecule has 0 radical (unpaired) electrons. The first-order valence-corrected chi connectivity index (χ1v) is 6.66. The molecular weight excluding hydrogens is 255 g/mol. The van der Waals surface area contributed by atoms with Gasteiger partial charge in [0.15, 0.2) is 11.6 Å². The number of nitrogens with zero attached hydrogens (tertiary/aromatic N) is 1. The summed E-state index contributed by atoms with van der Waals surface area (Å²) in [7, 11) is 1.46. The smallest absolute Gasteiger partial charge is 0.165 e. The number of halogens is 1. The van der Waals surface area contributed by atoms with Crippen LogP contribution in [0.15, 0.2) is 42.7 Å². The predicted molar refractivity (Wildman–Crippen MR) is 77.2 cm³/mol. The molecule has 4 heteroatoms. The van der Waals surface area contributed by atoms with Gasteiger partial charge in [-0.1, -0.05) is 12.1 Å². The second-order valence-electron chi connectivity index (χ2n) is 4.83. The highest BCUT2D eigenvalue weighted by molar-refractivity contribution is 5.29. The lowest BCUT2D eigenvalue weighted by Gasteiger charge is -2.12. The van der Waals surface area contributed by atoms with Crippen molar-refractivity contribution in [2.24, 2.45) is 5.73 Å². The van der Waals surface area contributed by atoms with E-state index in [0.717, 1.165) is 18.4 Å². The Bertz CT molecular complexity index is 545. The number of methoxy groups -OCH3 is 1. The number of pyridine rings is 1. The van der Waals surface area contributed by atoms with Crippen LogP contribution in [0, 0.1) is 5.82 Å². The maximum atomic E-state index is 13.6. The molecule has 0 bridgehead atoms. The summed E-state index contributed by atoms with van der Waals surface area (Å²) in [6.45, 7) is 0. The van der Waals surface area contributed by atoms with Gasteiger partial charge in [0.1, 0.15) is 0 Å². The van der Waals surface area contributed by atoms with Gasteiger partial charge in [-0.25, -0.2) is 4.39 Å². The molecule has 106 valence electrons. The summed E-state index contributed by atoms with van der Waals surface area (Å²) in [5, 5.41) is 0. The van der Waals surface area contributed by atoms with Gasteiger partial charge >= 0.3 is 0 Å². The monoisotopic (exact) mass is 274 g/mol. The van der Waals surface area contributed by atoms with E-state index in [1.165, 1.54) is 18.7 Å². The van der Waals surface area contributed by atoms with Crippen molar-refractivity contribution in [3.63, 3.8) is 0 Å². The molecular formula is C16H19FN2O. The Labute approximate surface area is 118 Å². The molecule has 1 aromatic carbocycles. The first kappa shape index (κ1) is 14.5. The van der Waals surface area contributed by atoms with E-state index >= 15 is 0 Å². The van der Waals surface area contributed by atoms with Gasteiger partial charge in [0, 0.05) is 18.4 Å². The molecule has 1 heterocycles. The quantitative estimate of drug-likeness (QED) is 0.881. The van der Waals surface area contributed by atoms with E-state index in [9.17, 15) is 4.39 Å². The van der Waals surface area contributed by atoms with E-state index in [1.54, 1.807) is 12.3 Å². The number of rotatable bonds is 6. The Kier molecular flexibility index (Phi) is 5.07. The minimum atomic E-state index is -0.343. The fraction of sp³-hybridized carbons (Fsp3) is 0.312. The van der Waals surface area contributed by atoms with Crippen molar-refractivity contribution in [2.45, 2.75) is 25.3 Å². The molecule has 0 saturated heterocycles. The number of hydrogen-bond donors (Lipinski definition) is 1. The van der Waals surface area contributed by atoms with E-state index in [2.05, 4.69) is 4.98 Å². The summed E-state index contributed by atoms with van der Waals surface area (Å²) in [6, 6.07) is 8.93. The molecule has 20 heavy (non-hydrogen) atoms. The van der Waals surface area contributed by atoms with Crippen molar-refractivity contribution in [2.75, 3.05) is 7.11 Å². The molecule has 3 nitrogen and oxygen atoms in total. The van der Waals surface area contributed by atoms with Crippen LogP contribution in [0.3, 0.4) is 0 Å². The van der Waals surface area contributed by atoms with Crippen molar-refractivity contribution >= 4 is 0 Å². The standard InChI is InChI=1S/C16H19FN2O/c1-20-16-7-5-13(10-15(16)17)9-14(18)6-4-12-3-2-8-19-11-12/h2-3,5,7-8,10-11,14H,4,6,9,18H2,1H3. The highest BCUT2D eigenvalue weighted by Crippen LogP contribution is 2.19. The highest BCUT2D eigenvalue weighted by atomic mass is 19.1. The van der Waals surface area contributed by atoms with Crippen molar-refractivity contribution in [1.29, 1.82) is 0 Å². The molecule has 1 atom stereocenters. The van der Waals surface area contributed by atoms with Crippen LogP contribution >= 0.6 is 0 Å². The molecule has 1 unspecified atom stereocenters. The molecule has 0 fully saturated rings. The third-order valence-electron chi connectivity index (χ3n) is 3.24. The van der Waals surface area contributed by atoms with E-state index in [4.69, 9.17) is 10.5 Å². The van der Waals surface area contributed by atoms with Crippen LogP contribution in [-0.4, -0.2) is 18.1 Å². The van der Waals surface area contributed by atoms with Gasteiger partial charge in [-0.2, -0.15) is 0 Å². The second kappa shape index (κ2) is 7.01. The topological polar surface area (TPSA) is 48.1 Å². The van der Waals surface area contributed by atoms with E-state index in [0.29, 0.717) is 6.42 Å². The zero-order valence-corrected chi connectivity index (χ0v) is 11.6. The summed E-state index contributed by atoms with van der Waals surface area (Å²) >= 11 is 0. The fourth-order valence-electron chi connectivity index (χ4n) is 2.14. The van der Waals surface area contributed by atoms with Crippen LogP contribution in [-0.2, 0) is 12.8 Å². The predicted octanol–water partition coefficient (Wildman–Crippen LogP) is 2.73. The molecule has 0 aliphatic carbocycles. The third-order valence-corrected chi connectivity index (χ3v) is 3.24. The molecule has 0 saturated carbocycles. The lowest BCUT2D eigenvalue weighted by Crippen LogP contribution is -2.23. The van der Waals surface area contributed by atoms with Crippen LogP contribution in [0.2, 0.25) is 0 Å². The lowest BCUT2D eigenvalue weighted by molar-refractivity contribution is 0.386. The average molecular weight is 274 g/mol. The minimum absolute atomic E-state index is 0.00278. The number of benzene rings is 1. The summed E-state index contributed by atoms with van der Waals surface area (Å²) in [5.41, 5.74) is 8.16. The Balaban J connectivity index is 1.88. The van der Waals surface area contributed by atoms with Crippen LogP contribution < -0.4 is 10.5 Å². The van der Waals surface area contributed by atoms with Crippen LogP contribution in [0.4, 0.5) is 4.39 Å². The van der Waals surface area contributed by atoms with Crippen molar-refractivity contribution < 1.29 is 9.13 Å². The van der Waals surface area contributed by atoms with E-state index < -0.39 is 0 Å². The van der Waals surface area contributed by atoms with Crippen LogP contribution in [0.25, 0.3) is 0 Å². The number of ether oxygens (including phenoxy) is 1. The van der Waals surface area contributed by atoms with Gasteiger partial charge < -0.3 is 10.5 Å². The van der Waals surface area contributed by atoms with Crippen LogP contribution in [0.1, 0.15) is 17.5 Å². The van der Waals surface area contributed by atoms with Gasteiger partial charge in [-0.15, -0.1) is 0 Å². The molecule has 1 aromatic heterocycles. The molecule has 0 spiro atoms. The largest absolute Gasteiger partial charge is 0.494 e. The minimum Gasteiger partial charge on any atom is -0.494 e. The molecule has 0 aliphatic rings. The Morgan fingerprint density at radius 1 is 1.30 bits per heavy atom.